The number of hydrogen-bond acceptors (Lipinski definition) is 3. The van der Waals surface area contributed by atoms with Crippen LogP contribution in [0.1, 0.15) is 11.7 Å². The summed E-state index contributed by atoms with van der Waals surface area (Å²) in [7, 11) is 0. The van der Waals surface area contributed by atoms with Crippen LogP contribution in [0.5, 0.6) is 0 Å². The molecule has 22 heavy (non-hydrogen) atoms. The predicted molar refractivity (Wildman–Crippen MR) is 77.3 cm³/mol. The molecule has 2 aromatic carbocycles. The van der Waals surface area contributed by atoms with Gasteiger partial charge in [-0.25, -0.2) is 13.8 Å². The number of rotatable bonds is 3. The largest absolute Gasteiger partial charge is 0.386 e. The molecule has 1 heterocycles. The Hall–Kier alpha value is -2.60. The topological polar surface area (TPSA) is 55.1 Å². The molecule has 3 aromatic rings. The van der Waals surface area contributed by atoms with Crippen molar-refractivity contribution in [1.82, 2.24) is 9.55 Å². The van der Waals surface area contributed by atoms with E-state index in [1.807, 2.05) is 0 Å². The van der Waals surface area contributed by atoms with Crippen LogP contribution in [0.3, 0.4) is 0 Å². The van der Waals surface area contributed by atoms with Crippen molar-refractivity contribution in [3.8, 4) is 0 Å². The van der Waals surface area contributed by atoms with Crippen LogP contribution in [-0.4, -0.2) is 14.7 Å². The Morgan fingerprint density at radius 3 is 2.73 bits per heavy atom. The van der Waals surface area contributed by atoms with Gasteiger partial charge in [-0.2, -0.15) is 0 Å². The first kappa shape index (κ1) is 14.3. The van der Waals surface area contributed by atoms with Gasteiger partial charge in [0.25, 0.3) is 5.56 Å². The van der Waals surface area contributed by atoms with Crippen LogP contribution in [0, 0.1) is 11.6 Å². The fourth-order valence-electron chi connectivity index (χ4n) is 2.29. The molecule has 1 N–H and O–H groups in total. The highest BCUT2D eigenvalue weighted by atomic mass is 19.1. The van der Waals surface area contributed by atoms with Crippen molar-refractivity contribution in [3.63, 3.8) is 0 Å². The monoisotopic (exact) mass is 302 g/mol. The van der Waals surface area contributed by atoms with Crippen molar-refractivity contribution in [2.45, 2.75) is 12.6 Å². The first-order valence-electron chi connectivity index (χ1n) is 6.63. The Balaban J connectivity index is 1.96. The lowest BCUT2D eigenvalue weighted by Crippen LogP contribution is -2.24. The molecule has 1 unspecified atom stereocenters. The number of nitrogens with zero attached hydrogens (tertiary/aromatic N) is 2. The third-order valence-corrected chi connectivity index (χ3v) is 3.42. The summed E-state index contributed by atoms with van der Waals surface area (Å²) in [5.74, 6) is -1.58. The molecule has 1 atom stereocenters. The van der Waals surface area contributed by atoms with E-state index < -0.39 is 17.7 Å². The van der Waals surface area contributed by atoms with Gasteiger partial charge in [0.05, 0.1) is 29.9 Å². The molecule has 4 nitrogen and oxygen atoms in total. The fourth-order valence-corrected chi connectivity index (χ4v) is 2.29. The van der Waals surface area contributed by atoms with Crippen LogP contribution in [-0.2, 0) is 6.54 Å². The van der Waals surface area contributed by atoms with Gasteiger partial charge in [0, 0.05) is 11.6 Å². The fraction of sp³-hybridized carbons (Fsp3) is 0.125. The molecular weight excluding hydrogens is 290 g/mol. The first-order valence-corrected chi connectivity index (χ1v) is 6.63. The second-order valence-electron chi connectivity index (χ2n) is 4.90. The minimum atomic E-state index is -1.28. The summed E-state index contributed by atoms with van der Waals surface area (Å²) in [6, 6.07) is 9.73. The van der Waals surface area contributed by atoms with Gasteiger partial charge in [0.15, 0.2) is 0 Å². The molecule has 0 amide bonds. The average Bonchev–Trinajstić information content (AvgIpc) is 2.50. The Kier molecular flexibility index (Phi) is 3.68. The summed E-state index contributed by atoms with van der Waals surface area (Å²) in [5, 5.41) is 10.5. The lowest BCUT2D eigenvalue weighted by molar-refractivity contribution is 0.150. The summed E-state index contributed by atoms with van der Waals surface area (Å²) in [5.41, 5.74) is 0.153. The first-order chi connectivity index (χ1) is 10.6. The zero-order valence-corrected chi connectivity index (χ0v) is 11.4. The molecule has 6 heteroatoms. The summed E-state index contributed by atoms with van der Waals surface area (Å²) < 4.78 is 27.7. The summed E-state index contributed by atoms with van der Waals surface area (Å²) >= 11 is 0. The zero-order valence-electron chi connectivity index (χ0n) is 11.4. The molecule has 0 bridgehead atoms. The molecule has 0 spiro atoms. The number of benzene rings is 2. The third kappa shape index (κ3) is 2.60. The summed E-state index contributed by atoms with van der Waals surface area (Å²) in [4.78, 5) is 16.4. The Labute approximate surface area is 124 Å². The van der Waals surface area contributed by atoms with Crippen molar-refractivity contribution in [2.75, 3.05) is 0 Å². The smallest absolute Gasteiger partial charge is 0.261 e. The van der Waals surface area contributed by atoms with E-state index in [1.54, 1.807) is 24.3 Å². The zero-order chi connectivity index (χ0) is 15.7. The second-order valence-corrected chi connectivity index (χ2v) is 4.90. The second kappa shape index (κ2) is 5.65. The molecule has 0 saturated heterocycles. The van der Waals surface area contributed by atoms with Gasteiger partial charge >= 0.3 is 0 Å². The molecule has 0 aliphatic heterocycles. The van der Waals surface area contributed by atoms with E-state index >= 15 is 0 Å². The van der Waals surface area contributed by atoms with E-state index in [0.29, 0.717) is 17.0 Å². The number of aromatic nitrogens is 2. The molecule has 1 aromatic heterocycles. The molecule has 0 aliphatic carbocycles. The maximum absolute atomic E-state index is 13.7. The molecule has 3 rings (SSSR count). The Morgan fingerprint density at radius 1 is 1.18 bits per heavy atom. The standard InChI is InChI=1S/C16H12F2N2O2/c17-10-5-6-11(13(18)7-10)15(21)8-20-9-19-14-4-2-1-3-12(14)16(20)22/h1-7,9,15,21H,8H2. The Morgan fingerprint density at radius 2 is 1.95 bits per heavy atom. The summed E-state index contributed by atoms with van der Waals surface area (Å²) in [6.45, 7) is -0.167. The van der Waals surface area contributed by atoms with Crippen LogP contribution in [0.15, 0.2) is 53.6 Å². The number of fused-ring (bicyclic) bond motifs is 1. The highest BCUT2D eigenvalue weighted by Crippen LogP contribution is 2.19. The number of aliphatic hydroxyl groups is 1. The highest BCUT2D eigenvalue weighted by molar-refractivity contribution is 5.76. The van der Waals surface area contributed by atoms with E-state index in [9.17, 15) is 18.7 Å². The van der Waals surface area contributed by atoms with Crippen molar-refractivity contribution in [3.05, 3.63) is 76.3 Å². The molecule has 0 fully saturated rings. The van der Waals surface area contributed by atoms with Gasteiger partial charge in [-0.1, -0.05) is 18.2 Å². The van der Waals surface area contributed by atoms with Gasteiger partial charge in [-0.05, 0) is 18.2 Å². The van der Waals surface area contributed by atoms with E-state index in [1.165, 1.54) is 10.9 Å². The molecule has 112 valence electrons. The van der Waals surface area contributed by atoms with Crippen LogP contribution in [0.2, 0.25) is 0 Å². The molecule has 0 saturated carbocycles. The molecular formula is C16H12F2N2O2. The van der Waals surface area contributed by atoms with Crippen LogP contribution < -0.4 is 5.56 Å². The number of hydrogen-bond donors (Lipinski definition) is 1. The number of aliphatic hydroxyl groups excluding tert-OH is 1. The third-order valence-electron chi connectivity index (χ3n) is 3.42. The van der Waals surface area contributed by atoms with Gasteiger partial charge in [-0.3, -0.25) is 9.36 Å². The average molecular weight is 302 g/mol. The van der Waals surface area contributed by atoms with Gasteiger partial charge < -0.3 is 5.11 Å². The van der Waals surface area contributed by atoms with Crippen LogP contribution in [0.4, 0.5) is 8.78 Å². The van der Waals surface area contributed by atoms with Crippen LogP contribution >= 0.6 is 0 Å². The number of halogens is 2. The van der Waals surface area contributed by atoms with Crippen LogP contribution in [0.25, 0.3) is 10.9 Å². The van der Waals surface area contributed by atoms with Crippen molar-refractivity contribution in [2.24, 2.45) is 0 Å². The molecule has 0 radical (unpaired) electrons. The van der Waals surface area contributed by atoms with E-state index in [4.69, 9.17) is 0 Å². The Bertz CT molecular complexity index is 893. The number of para-hydroxylation sites is 1. The van der Waals surface area contributed by atoms with Gasteiger partial charge in [-0.15, -0.1) is 0 Å². The lowest BCUT2D eigenvalue weighted by atomic mass is 10.1. The van der Waals surface area contributed by atoms with E-state index in [-0.39, 0.29) is 17.7 Å². The molecule has 0 aliphatic rings. The maximum Gasteiger partial charge on any atom is 0.261 e. The van der Waals surface area contributed by atoms with Crippen molar-refractivity contribution >= 4 is 10.9 Å². The van der Waals surface area contributed by atoms with Crippen molar-refractivity contribution < 1.29 is 13.9 Å². The highest BCUT2D eigenvalue weighted by Gasteiger charge is 2.15. The van der Waals surface area contributed by atoms with E-state index in [2.05, 4.69) is 4.98 Å². The van der Waals surface area contributed by atoms with E-state index in [0.717, 1.165) is 12.1 Å². The SMILES string of the molecule is O=c1c2ccccc2ncn1CC(O)c1ccc(F)cc1F. The maximum atomic E-state index is 13.7. The lowest BCUT2D eigenvalue weighted by Gasteiger charge is -2.14. The normalized spacial score (nSPS) is 12.5. The quantitative estimate of drug-likeness (QED) is 0.808. The minimum absolute atomic E-state index is 0.0681. The summed E-state index contributed by atoms with van der Waals surface area (Å²) in [6.07, 6.45) is 0.0243. The minimum Gasteiger partial charge on any atom is -0.386 e. The van der Waals surface area contributed by atoms with Crippen molar-refractivity contribution in [1.29, 1.82) is 0 Å². The predicted octanol–water partition coefficient (Wildman–Crippen LogP) is 2.41. The van der Waals surface area contributed by atoms with Gasteiger partial charge in [0.1, 0.15) is 11.6 Å². The van der Waals surface area contributed by atoms with Gasteiger partial charge in [0.2, 0.25) is 0 Å².